The number of nitrogens with zero attached hydrogens (tertiary/aromatic N) is 2. The summed E-state index contributed by atoms with van der Waals surface area (Å²) in [5.41, 5.74) is 3.15. The molecule has 0 radical (unpaired) electrons. The Hall–Kier alpha value is -2.89. The Balaban J connectivity index is 1.78. The van der Waals surface area contributed by atoms with E-state index in [4.69, 9.17) is 0 Å². The Morgan fingerprint density at radius 2 is 1.97 bits per heavy atom. The van der Waals surface area contributed by atoms with Gasteiger partial charge in [-0.2, -0.15) is 0 Å². The highest BCUT2D eigenvalue weighted by atomic mass is 16.2. The summed E-state index contributed by atoms with van der Waals surface area (Å²) < 4.78 is 0. The number of carbonyl (C=O) groups is 2. The molecule has 1 aliphatic rings. The van der Waals surface area contributed by atoms with Crippen molar-refractivity contribution in [3.63, 3.8) is 0 Å². The maximum atomic E-state index is 13.0. The summed E-state index contributed by atoms with van der Waals surface area (Å²) >= 11 is 0. The van der Waals surface area contributed by atoms with Crippen LogP contribution in [0.2, 0.25) is 0 Å². The number of hydrogen-bond donors (Lipinski definition) is 2. The van der Waals surface area contributed by atoms with Crippen molar-refractivity contribution in [2.45, 2.75) is 52.0 Å². The van der Waals surface area contributed by atoms with Gasteiger partial charge in [-0.25, -0.2) is 0 Å². The molecule has 1 fully saturated rings. The second-order valence-corrected chi connectivity index (χ2v) is 7.48. The van der Waals surface area contributed by atoms with E-state index in [1.807, 2.05) is 24.3 Å². The standard InChI is InChI=1S/C23H30N4O2/c1-2-3-9-22(28)26-19-10-11-21(27-13-5-4-6-14-27)20(15-19)23(29)25-17-18-8-7-12-24-16-18/h7-8,10-12,15-16H,2-6,9,13-14,17H2,1H3,(H,25,29)(H,26,28). The molecule has 0 aliphatic carbocycles. The van der Waals surface area contributed by atoms with E-state index < -0.39 is 0 Å². The smallest absolute Gasteiger partial charge is 0.253 e. The number of rotatable bonds is 8. The average molecular weight is 395 g/mol. The Kier molecular flexibility index (Phi) is 7.61. The molecule has 1 aromatic heterocycles. The predicted octanol–water partition coefficient (Wildman–Crippen LogP) is 4.13. The van der Waals surface area contributed by atoms with Gasteiger partial charge in [0.25, 0.3) is 5.91 Å². The third-order valence-electron chi connectivity index (χ3n) is 5.15. The maximum absolute atomic E-state index is 13.0. The minimum atomic E-state index is -0.140. The number of pyridine rings is 1. The van der Waals surface area contributed by atoms with Crippen LogP contribution in [-0.2, 0) is 11.3 Å². The van der Waals surface area contributed by atoms with Gasteiger partial charge >= 0.3 is 0 Å². The van der Waals surface area contributed by atoms with Crippen LogP contribution in [0.15, 0.2) is 42.7 Å². The van der Waals surface area contributed by atoms with Crippen molar-refractivity contribution >= 4 is 23.2 Å². The Labute approximate surface area is 172 Å². The van der Waals surface area contributed by atoms with Gasteiger partial charge in [-0.05, 0) is 55.5 Å². The van der Waals surface area contributed by atoms with Crippen molar-refractivity contribution in [1.82, 2.24) is 10.3 Å². The van der Waals surface area contributed by atoms with Crippen molar-refractivity contribution in [2.75, 3.05) is 23.3 Å². The van der Waals surface area contributed by atoms with Gasteiger partial charge in [0.1, 0.15) is 0 Å². The number of nitrogens with one attached hydrogen (secondary N) is 2. The van der Waals surface area contributed by atoms with Crippen LogP contribution in [0.3, 0.4) is 0 Å². The molecule has 0 bridgehead atoms. The molecule has 0 atom stereocenters. The Bertz CT molecular complexity index is 817. The minimum Gasteiger partial charge on any atom is -0.371 e. The van der Waals surface area contributed by atoms with Crippen LogP contribution in [-0.4, -0.2) is 29.9 Å². The molecule has 0 saturated carbocycles. The van der Waals surface area contributed by atoms with Crippen molar-refractivity contribution in [3.8, 4) is 0 Å². The topological polar surface area (TPSA) is 74.3 Å². The lowest BCUT2D eigenvalue weighted by atomic mass is 10.1. The zero-order valence-electron chi connectivity index (χ0n) is 17.1. The van der Waals surface area contributed by atoms with E-state index in [-0.39, 0.29) is 11.8 Å². The van der Waals surface area contributed by atoms with Crippen LogP contribution in [0, 0.1) is 0 Å². The van der Waals surface area contributed by atoms with E-state index in [1.54, 1.807) is 18.5 Å². The SMILES string of the molecule is CCCCC(=O)Nc1ccc(N2CCCCC2)c(C(=O)NCc2cccnc2)c1. The van der Waals surface area contributed by atoms with Gasteiger partial charge in [0, 0.05) is 49.8 Å². The van der Waals surface area contributed by atoms with Crippen molar-refractivity contribution in [3.05, 3.63) is 53.9 Å². The zero-order valence-corrected chi connectivity index (χ0v) is 17.1. The number of amides is 2. The van der Waals surface area contributed by atoms with Gasteiger partial charge in [0.15, 0.2) is 0 Å². The highest BCUT2D eigenvalue weighted by molar-refractivity contribution is 6.02. The summed E-state index contributed by atoms with van der Waals surface area (Å²) in [6.07, 6.45) is 9.27. The van der Waals surface area contributed by atoms with E-state index in [0.29, 0.717) is 24.2 Å². The predicted molar refractivity (Wildman–Crippen MR) is 116 cm³/mol. The van der Waals surface area contributed by atoms with E-state index in [0.717, 1.165) is 50.0 Å². The maximum Gasteiger partial charge on any atom is 0.253 e. The molecule has 1 aromatic carbocycles. The summed E-state index contributed by atoms with van der Waals surface area (Å²) in [6, 6.07) is 9.44. The van der Waals surface area contributed by atoms with E-state index >= 15 is 0 Å². The quantitative estimate of drug-likeness (QED) is 0.706. The van der Waals surface area contributed by atoms with Crippen LogP contribution in [0.5, 0.6) is 0 Å². The number of unbranched alkanes of at least 4 members (excludes halogenated alkanes) is 1. The Morgan fingerprint density at radius 3 is 2.69 bits per heavy atom. The first-order valence-electron chi connectivity index (χ1n) is 10.5. The number of hydrogen-bond acceptors (Lipinski definition) is 4. The lowest BCUT2D eigenvalue weighted by Crippen LogP contribution is -2.32. The molecule has 6 nitrogen and oxygen atoms in total. The molecular weight excluding hydrogens is 364 g/mol. The molecule has 2 aromatic rings. The van der Waals surface area contributed by atoms with Crippen molar-refractivity contribution in [2.24, 2.45) is 0 Å². The molecule has 1 aliphatic heterocycles. The van der Waals surface area contributed by atoms with E-state index in [2.05, 4.69) is 27.4 Å². The lowest BCUT2D eigenvalue weighted by molar-refractivity contribution is -0.116. The lowest BCUT2D eigenvalue weighted by Gasteiger charge is -2.30. The van der Waals surface area contributed by atoms with E-state index in [1.165, 1.54) is 6.42 Å². The number of piperidine rings is 1. The van der Waals surface area contributed by atoms with Crippen molar-refractivity contribution < 1.29 is 9.59 Å². The van der Waals surface area contributed by atoms with Crippen LogP contribution in [0.4, 0.5) is 11.4 Å². The van der Waals surface area contributed by atoms with Gasteiger partial charge in [-0.3, -0.25) is 14.6 Å². The first kappa shape index (κ1) is 20.8. The fourth-order valence-corrected chi connectivity index (χ4v) is 3.55. The summed E-state index contributed by atoms with van der Waals surface area (Å²) in [5.74, 6) is -0.154. The fraction of sp³-hybridized carbons (Fsp3) is 0.435. The average Bonchev–Trinajstić information content (AvgIpc) is 2.77. The molecule has 2 amide bonds. The normalized spacial score (nSPS) is 13.8. The summed E-state index contributed by atoms with van der Waals surface area (Å²) in [7, 11) is 0. The molecule has 6 heteroatoms. The monoisotopic (exact) mass is 394 g/mol. The van der Waals surface area contributed by atoms with Gasteiger partial charge in [-0.15, -0.1) is 0 Å². The third kappa shape index (κ3) is 6.04. The Morgan fingerprint density at radius 1 is 1.14 bits per heavy atom. The largest absolute Gasteiger partial charge is 0.371 e. The summed E-state index contributed by atoms with van der Waals surface area (Å²) in [5, 5.41) is 5.92. The van der Waals surface area contributed by atoms with E-state index in [9.17, 15) is 9.59 Å². The fourth-order valence-electron chi connectivity index (χ4n) is 3.55. The highest BCUT2D eigenvalue weighted by Crippen LogP contribution is 2.27. The zero-order chi connectivity index (χ0) is 20.5. The molecule has 3 rings (SSSR count). The van der Waals surface area contributed by atoms with Gasteiger partial charge in [0.05, 0.1) is 5.56 Å². The van der Waals surface area contributed by atoms with Crippen LogP contribution in [0.1, 0.15) is 61.4 Å². The molecule has 1 saturated heterocycles. The minimum absolute atomic E-state index is 0.0145. The van der Waals surface area contributed by atoms with Gasteiger partial charge in [0.2, 0.25) is 5.91 Å². The molecule has 154 valence electrons. The molecule has 2 N–H and O–H groups in total. The molecule has 0 spiro atoms. The summed E-state index contributed by atoms with van der Waals surface area (Å²) in [4.78, 5) is 31.5. The van der Waals surface area contributed by atoms with Crippen molar-refractivity contribution in [1.29, 1.82) is 0 Å². The molecule has 0 unspecified atom stereocenters. The number of aromatic nitrogens is 1. The second-order valence-electron chi connectivity index (χ2n) is 7.48. The van der Waals surface area contributed by atoms with Crippen LogP contribution >= 0.6 is 0 Å². The summed E-state index contributed by atoms with van der Waals surface area (Å²) in [6.45, 7) is 4.38. The van der Waals surface area contributed by atoms with Crippen LogP contribution in [0.25, 0.3) is 0 Å². The number of benzene rings is 1. The molecule has 29 heavy (non-hydrogen) atoms. The van der Waals surface area contributed by atoms with Gasteiger partial charge in [-0.1, -0.05) is 19.4 Å². The molecule has 2 heterocycles. The number of carbonyl (C=O) groups excluding carboxylic acids is 2. The van der Waals surface area contributed by atoms with Crippen LogP contribution < -0.4 is 15.5 Å². The first-order chi connectivity index (χ1) is 14.2. The molecular formula is C23H30N4O2. The first-order valence-corrected chi connectivity index (χ1v) is 10.5. The second kappa shape index (κ2) is 10.6. The number of anilines is 2. The highest BCUT2D eigenvalue weighted by Gasteiger charge is 2.19. The third-order valence-corrected chi connectivity index (χ3v) is 5.15. The van der Waals surface area contributed by atoms with Gasteiger partial charge < -0.3 is 15.5 Å².